The number of para-hydroxylation sites is 1. The summed E-state index contributed by atoms with van der Waals surface area (Å²) in [6.45, 7) is 7.21. The second-order valence-corrected chi connectivity index (χ2v) is 10.9. The molecule has 0 radical (unpaired) electrons. The highest BCUT2D eigenvalue weighted by molar-refractivity contribution is 7.89. The molecule has 0 unspecified atom stereocenters. The van der Waals surface area contributed by atoms with Gasteiger partial charge in [-0.05, 0) is 61.9 Å². The van der Waals surface area contributed by atoms with Crippen LogP contribution in [-0.4, -0.2) is 57.9 Å². The number of hydrogen-bond acceptors (Lipinski definition) is 5. The lowest BCUT2D eigenvalue weighted by atomic mass is 10.0. The summed E-state index contributed by atoms with van der Waals surface area (Å²) >= 11 is 0. The predicted octanol–water partition coefficient (Wildman–Crippen LogP) is 4.10. The maximum atomic E-state index is 13.2. The van der Waals surface area contributed by atoms with Gasteiger partial charge in [-0.3, -0.25) is 4.79 Å². The molecule has 0 bridgehead atoms. The normalized spacial score (nSPS) is 16.4. The molecule has 184 valence electrons. The van der Waals surface area contributed by atoms with Crippen LogP contribution in [0.15, 0.2) is 47.4 Å². The molecule has 7 nitrogen and oxygen atoms in total. The number of fused-ring (bicyclic) bond motifs is 1. The molecule has 2 heterocycles. The van der Waals surface area contributed by atoms with E-state index in [0.29, 0.717) is 25.3 Å². The SMILES string of the molecule is CCN(CC)S(=O)(=O)c1ccc(N2CCCCC2)c(NCC(=O)N2CCCc3ccccc32)c1. The molecule has 2 aliphatic rings. The van der Waals surface area contributed by atoms with E-state index < -0.39 is 10.0 Å². The summed E-state index contributed by atoms with van der Waals surface area (Å²) in [6.07, 6.45) is 5.36. The van der Waals surface area contributed by atoms with E-state index in [2.05, 4.69) is 16.3 Å². The fraction of sp³-hybridized carbons (Fsp3) is 0.500. The third-order valence-electron chi connectivity index (χ3n) is 6.85. The molecule has 8 heteroatoms. The molecule has 0 atom stereocenters. The summed E-state index contributed by atoms with van der Waals surface area (Å²) < 4.78 is 27.8. The highest BCUT2D eigenvalue weighted by Crippen LogP contribution is 2.32. The van der Waals surface area contributed by atoms with Crippen molar-refractivity contribution in [3.8, 4) is 0 Å². The standard InChI is InChI=1S/C26H36N4O3S/c1-3-29(4-2)34(32,33)22-14-15-25(28-16-8-5-9-17-28)23(19-22)27-20-26(31)30-18-10-12-21-11-6-7-13-24(21)30/h6-7,11,13-15,19,27H,3-5,8-10,12,16-18,20H2,1-2H3. The molecule has 0 aliphatic carbocycles. The molecular formula is C26H36N4O3S. The molecule has 0 aromatic heterocycles. The minimum absolute atomic E-state index is 0.00579. The molecule has 0 saturated carbocycles. The lowest BCUT2D eigenvalue weighted by Gasteiger charge is -2.32. The Morgan fingerprint density at radius 1 is 0.941 bits per heavy atom. The van der Waals surface area contributed by atoms with E-state index in [-0.39, 0.29) is 17.3 Å². The number of carbonyl (C=O) groups is 1. The average Bonchev–Trinajstić information content (AvgIpc) is 2.87. The first-order chi connectivity index (χ1) is 16.5. The molecule has 4 rings (SSSR count). The van der Waals surface area contributed by atoms with E-state index in [9.17, 15) is 13.2 Å². The third kappa shape index (κ3) is 5.08. The van der Waals surface area contributed by atoms with Crippen LogP contribution in [0.1, 0.15) is 45.1 Å². The van der Waals surface area contributed by atoms with E-state index in [0.717, 1.165) is 50.1 Å². The van der Waals surface area contributed by atoms with Crippen molar-refractivity contribution in [2.45, 2.75) is 50.8 Å². The maximum Gasteiger partial charge on any atom is 0.246 e. The van der Waals surface area contributed by atoms with E-state index >= 15 is 0 Å². The van der Waals surface area contributed by atoms with Gasteiger partial charge in [-0.2, -0.15) is 4.31 Å². The number of aryl methyl sites for hydroxylation is 1. The van der Waals surface area contributed by atoms with Crippen molar-refractivity contribution in [1.82, 2.24) is 4.31 Å². The first-order valence-corrected chi connectivity index (χ1v) is 13.9. The van der Waals surface area contributed by atoms with Gasteiger partial charge in [0.05, 0.1) is 22.8 Å². The van der Waals surface area contributed by atoms with E-state index in [1.165, 1.54) is 16.3 Å². The van der Waals surface area contributed by atoms with Crippen molar-refractivity contribution in [3.63, 3.8) is 0 Å². The quantitative estimate of drug-likeness (QED) is 0.611. The van der Waals surface area contributed by atoms with E-state index in [4.69, 9.17) is 0 Å². The molecule has 2 aromatic rings. The van der Waals surface area contributed by atoms with Gasteiger partial charge < -0.3 is 15.1 Å². The van der Waals surface area contributed by atoms with Gasteiger partial charge in [0, 0.05) is 38.4 Å². The molecule has 1 saturated heterocycles. The topological polar surface area (TPSA) is 73.0 Å². The van der Waals surface area contributed by atoms with E-state index in [1.807, 2.05) is 43.0 Å². The molecule has 0 spiro atoms. The van der Waals surface area contributed by atoms with Gasteiger partial charge in [-0.1, -0.05) is 32.0 Å². The number of rotatable bonds is 8. The first-order valence-electron chi connectivity index (χ1n) is 12.5. The molecular weight excluding hydrogens is 448 g/mol. The highest BCUT2D eigenvalue weighted by atomic mass is 32.2. The van der Waals surface area contributed by atoms with Gasteiger partial charge in [-0.25, -0.2) is 8.42 Å². The average molecular weight is 485 g/mol. The number of sulfonamides is 1. The number of nitrogens with zero attached hydrogens (tertiary/aromatic N) is 3. The Hall–Kier alpha value is -2.58. The Morgan fingerprint density at radius 3 is 2.41 bits per heavy atom. The largest absolute Gasteiger partial charge is 0.374 e. The fourth-order valence-corrected chi connectivity index (χ4v) is 6.48. The highest BCUT2D eigenvalue weighted by Gasteiger charge is 2.26. The van der Waals surface area contributed by atoms with Crippen LogP contribution in [0.4, 0.5) is 17.1 Å². The van der Waals surface area contributed by atoms with Gasteiger partial charge in [0.1, 0.15) is 0 Å². The summed E-state index contributed by atoms with van der Waals surface area (Å²) in [5.41, 5.74) is 3.84. The van der Waals surface area contributed by atoms with Crippen molar-refractivity contribution in [3.05, 3.63) is 48.0 Å². The van der Waals surface area contributed by atoms with Crippen molar-refractivity contribution < 1.29 is 13.2 Å². The van der Waals surface area contributed by atoms with Crippen LogP contribution in [0.2, 0.25) is 0 Å². The number of benzene rings is 2. The minimum atomic E-state index is -3.59. The van der Waals surface area contributed by atoms with Crippen LogP contribution in [0.25, 0.3) is 0 Å². The molecule has 1 fully saturated rings. The maximum absolute atomic E-state index is 13.2. The number of anilines is 3. The molecule has 2 aromatic carbocycles. The minimum Gasteiger partial charge on any atom is -0.374 e. The van der Waals surface area contributed by atoms with Crippen molar-refractivity contribution in [1.29, 1.82) is 0 Å². The second-order valence-electron chi connectivity index (χ2n) is 8.95. The Balaban J connectivity index is 1.60. The lowest BCUT2D eigenvalue weighted by Crippen LogP contribution is -2.39. The number of piperidine rings is 1. The summed E-state index contributed by atoms with van der Waals surface area (Å²) in [5.74, 6) is -0.00579. The first kappa shape index (κ1) is 24.5. The molecule has 2 aliphatic heterocycles. The molecule has 1 N–H and O–H groups in total. The van der Waals surface area contributed by atoms with Crippen molar-refractivity contribution in [2.24, 2.45) is 0 Å². The number of carbonyl (C=O) groups excluding carboxylic acids is 1. The van der Waals surface area contributed by atoms with Crippen LogP contribution in [0, 0.1) is 0 Å². The Labute approximate surface area is 203 Å². The van der Waals surface area contributed by atoms with Crippen LogP contribution in [0.3, 0.4) is 0 Å². The summed E-state index contributed by atoms with van der Waals surface area (Å²) in [6, 6.07) is 13.4. The second kappa shape index (κ2) is 10.8. The molecule has 1 amide bonds. The monoisotopic (exact) mass is 484 g/mol. The number of nitrogens with one attached hydrogen (secondary N) is 1. The zero-order chi connectivity index (χ0) is 24.1. The van der Waals surface area contributed by atoms with Crippen molar-refractivity contribution >= 4 is 33.0 Å². The predicted molar refractivity (Wildman–Crippen MR) is 138 cm³/mol. The van der Waals surface area contributed by atoms with Gasteiger partial charge in [0.2, 0.25) is 15.9 Å². The van der Waals surface area contributed by atoms with Crippen LogP contribution in [-0.2, 0) is 21.2 Å². The molecule has 34 heavy (non-hydrogen) atoms. The van der Waals surface area contributed by atoms with Crippen LogP contribution >= 0.6 is 0 Å². The van der Waals surface area contributed by atoms with Gasteiger partial charge in [0.15, 0.2) is 0 Å². The van der Waals surface area contributed by atoms with Gasteiger partial charge >= 0.3 is 0 Å². The van der Waals surface area contributed by atoms with Gasteiger partial charge in [-0.15, -0.1) is 0 Å². The van der Waals surface area contributed by atoms with E-state index in [1.54, 1.807) is 12.1 Å². The fourth-order valence-electron chi connectivity index (χ4n) is 5.00. The van der Waals surface area contributed by atoms with Crippen LogP contribution in [0.5, 0.6) is 0 Å². The zero-order valence-electron chi connectivity index (χ0n) is 20.3. The summed E-state index contributed by atoms with van der Waals surface area (Å²) in [4.78, 5) is 17.6. The number of hydrogen-bond donors (Lipinski definition) is 1. The van der Waals surface area contributed by atoms with Gasteiger partial charge in [0.25, 0.3) is 0 Å². The number of amides is 1. The zero-order valence-corrected chi connectivity index (χ0v) is 21.1. The lowest BCUT2D eigenvalue weighted by molar-refractivity contribution is -0.117. The summed E-state index contributed by atoms with van der Waals surface area (Å²) in [5, 5.41) is 3.31. The Bertz CT molecular complexity index is 1110. The van der Waals surface area contributed by atoms with Crippen LogP contribution < -0.4 is 15.1 Å². The smallest absolute Gasteiger partial charge is 0.246 e. The summed E-state index contributed by atoms with van der Waals surface area (Å²) in [7, 11) is -3.59. The Morgan fingerprint density at radius 2 is 1.68 bits per heavy atom. The Kier molecular flexibility index (Phi) is 7.78. The van der Waals surface area contributed by atoms with Crippen molar-refractivity contribution in [2.75, 3.05) is 54.4 Å². The third-order valence-corrected chi connectivity index (χ3v) is 8.90.